The van der Waals surface area contributed by atoms with Gasteiger partial charge in [0.2, 0.25) is 12.4 Å². The van der Waals surface area contributed by atoms with Gasteiger partial charge in [0.1, 0.15) is 0 Å². The summed E-state index contributed by atoms with van der Waals surface area (Å²) < 4.78 is 4.67. The van der Waals surface area contributed by atoms with Crippen LogP contribution in [-0.2, 0) is 9.53 Å². The third kappa shape index (κ3) is 4.38. The largest absolute Gasteiger partial charge is 0.465 e. The summed E-state index contributed by atoms with van der Waals surface area (Å²) in [5.74, 6) is -0.340. The summed E-state index contributed by atoms with van der Waals surface area (Å²) in [7, 11) is 1.30. The molecule has 1 aromatic heterocycles. The van der Waals surface area contributed by atoms with Gasteiger partial charge in [0.05, 0.1) is 18.2 Å². The van der Waals surface area contributed by atoms with Crippen molar-refractivity contribution in [2.75, 3.05) is 43.5 Å². The minimum absolute atomic E-state index is 0.300. The zero-order valence-corrected chi connectivity index (χ0v) is 14.8. The van der Waals surface area contributed by atoms with Crippen molar-refractivity contribution < 1.29 is 19.1 Å². The Kier molecular flexibility index (Phi) is 5.60. The zero-order chi connectivity index (χ0) is 19.2. The van der Waals surface area contributed by atoms with Crippen molar-refractivity contribution in [3.8, 4) is 0 Å². The molecule has 1 fully saturated rings. The molecule has 27 heavy (non-hydrogen) atoms. The number of nitrogens with zero attached hydrogens (tertiary/aromatic N) is 4. The molecular formula is C18H19N5O4. The second-order valence-electron chi connectivity index (χ2n) is 5.93. The monoisotopic (exact) mass is 369 g/mol. The lowest BCUT2D eigenvalue weighted by molar-refractivity contribution is -0.118. The number of anilines is 2. The van der Waals surface area contributed by atoms with Gasteiger partial charge < -0.3 is 19.9 Å². The molecule has 0 saturated carbocycles. The number of nitrogens with one attached hydrogen (secondary N) is 1. The van der Waals surface area contributed by atoms with E-state index in [9.17, 15) is 14.4 Å². The number of carbonyl (C=O) groups excluding carboxylic acids is 3. The van der Waals surface area contributed by atoms with E-state index in [0.717, 1.165) is 6.41 Å². The summed E-state index contributed by atoms with van der Waals surface area (Å²) in [5.41, 5.74) is 1.11. The van der Waals surface area contributed by atoms with Crippen LogP contribution in [-0.4, -0.2) is 66.4 Å². The number of ether oxygens (including phenoxy) is 1. The predicted molar refractivity (Wildman–Crippen MR) is 97.6 cm³/mol. The van der Waals surface area contributed by atoms with Gasteiger partial charge >= 0.3 is 5.97 Å². The number of esters is 1. The molecule has 9 nitrogen and oxygen atoms in total. The lowest BCUT2D eigenvalue weighted by Gasteiger charge is -2.32. The number of hydrogen-bond donors (Lipinski definition) is 1. The Morgan fingerprint density at radius 2 is 1.81 bits per heavy atom. The van der Waals surface area contributed by atoms with Crippen LogP contribution in [0.1, 0.15) is 20.7 Å². The van der Waals surface area contributed by atoms with Crippen molar-refractivity contribution in [3.05, 3.63) is 47.8 Å². The number of benzene rings is 1. The van der Waals surface area contributed by atoms with Gasteiger partial charge in [-0.1, -0.05) is 6.07 Å². The summed E-state index contributed by atoms with van der Waals surface area (Å²) in [4.78, 5) is 46.8. The topological polar surface area (TPSA) is 105 Å². The summed E-state index contributed by atoms with van der Waals surface area (Å²) in [6, 6.07) is 6.46. The molecule has 3 rings (SSSR count). The first-order chi connectivity index (χ1) is 13.1. The van der Waals surface area contributed by atoms with E-state index in [1.54, 1.807) is 23.1 Å². The second kappa shape index (κ2) is 8.26. The Hall–Kier alpha value is -3.49. The smallest absolute Gasteiger partial charge is 0.337 e. The third-order valence-corrected chi connectivity index (χ3v) is 4.19. The molecule has 0 spiro atoms. The molecule has 0 bridgehead atoms. The quantitative estimate of drug-likeness (QED) is 0.614. The predicted octanol–water partition coefficient (Wildman–Crippen LogP) is 0.794. The molecule has 1 aliphatic heterocycles. The fourth-order valence-corrected chi connectivity index (χ4v) is 2.67. The molecule has 2 heterocycles. The second-order valence-corrected chi connectivity index (χ2v) is 5.93. The minimum Gasteiger partial charge on any atom is -0.465 e. The lowest BCUT2D eigenvalue weighted by Crippen LogP contribution is -2.46. The Bertz CT molecular complexity index is 832. The first-order valence-electron chi connectivity index (χ1n) is 8.37. The highest BCUT2D eigenvalue weighted by Gasteiger charge is 2.18. The van der Waals surface area contributed by atoms with Gasteiger partial charge in [-0.2, -0.15) is 0 Å². The molecular weight excluding hydrogens is 350 g/mol. The van der Waals surface area contributed by atoms with E-state index < -0.39 is 5.97 Å². The number of rotatable bonds is 5. The average Bonchev–Trinajstić information content (AvgIpc) is 2.73. The normalized spacial score (nSPS) is 13.8. The maximum absolute atomic E-state index is 12.4. The lowest BCUT2D eigenvalue weighted by atomic mass is 10.2. The van der Waals surface area contributed by atoms with Crippen molar-refractivity contribution in [1.82, 2.24) is 14.9 Å². The van der Waals surface area contributed by atoms with E-state index in [-0.39, 0.29) is 5.91 Å². The maximum Gasteiger partial charge on any atom is 0.337 e. The van der Waals surface area contributed by atoms with Gasteiger partial charge in [-0.05, 0) is 18.2 Å². The van der Waals surface area contributed by atoms with Crippen molar-refractivity contribution in [3.63, 3.8) is 0 Å². The highest BCUT2D eigenvalue weighted by molar-refractivity contribution is 6.04. The van der Waals surface area contributed by atoms with E-state index in [1.165, 1.54) is 25.6 Å². The van der Waals surface area contributed by atoms with Gasteiger partial charge in [0, 0.05) is 44.3 Å². The molecule has 1 saturated heterocycles. The zero-order valence-electron chi connectivity index (χ0n) is 14.8. The number of hydrogen-bond acceptors (Lipinski definition) is 7. The Morgan fingerprint density at radius 1 is 1.11 bits per heavy atom. The van der Waals surface area contributed by atoms with Crippen molar-refractivity contribution in [1.29, 1.82) is 0 Å². The van der Waals surface area contributed by atoms with Crippen molar-refractivity contribution in [2.24, 2.45) is 0 Å². The van der Waals surface area contributed by atoms with E-state index in [0.29, 0.717) is 48.9 Å². The minimum atomic E-state index is -0.478. The number of carbonyl (C=O) groups is 3. The molecule has 140 valence electrons. The Balaban J connectivity index is 1.64. The summed E-state index contributed by atoms with van der Waals surface area (Å²) in [6.45, 7) is 2.52. The van der Waals surface area contributed by atoms with Crippen LogP contribution in [0.2, 0.25) is 0 Å². The first-order valence-corrected chi connectivity index (χ1v) is 8.37. The van der Waals surface area contributed by atoms with E-state index in [2.05, 4.69) is 20.0 Å². The van der Waals surface area contributed by atoms with Crippen LogP contribution < -0.4 is 10.2 Å². The molecule has 2 amide bonds. The molecule has 1 N–H and O–H groups in total. The molecule has 2 aromatic rings. The Morgan fingerprint density at radius 3 is 2.44 bits per heavy atom. The molecule has 0 radical (unpaired) electrons. The molecule has 0 atom stereocenters. The van der Waals surface area contributed by atoms with Gasteiger partial charge in [-0.3, -0.25) is 9.59 Å². The van der Waals surface area contributed by atoms with E-state index in [1.807, 2.05) is 4.90 Å². The van der Waals surface area contributed by atoms with Gasteiger partial charge in [0.15, 0.2) is 0 Å². The number of aromatic nitrogens is 2. The average molecular weight is 369 g/mol. The van der Waals surface area contributed by atoms with Crippen LogP contribution in [0.25, 0.3) is 0 Å². The van der Waals surface area contributed by atoms with Crippen molar-refractivity contribution >= 4 is 29.9 Å². The number of amides is 2. The molecule has 0 aliphatic carbocycles. The number of methoxy groups -OCH3 is 1. The molecule has 1 aromatic carbocycles. The SMILES string of the molecule is COC(=O)c1cccc(NC(=O)c2cnc(N3CCN(C=O)CC3)nc2)c1. The van der Waals surface area contributed by atoms with Crippen LogP contribution in [0.5, 0.6) is 0 Å². The van der Waals surface area contributed by atoms with E-state index >= 15 is 0 Å². The van der Waals surface area contributed by atoms with Crippen LogP contribution in [0.4, 0.5) is 11.6 Å². The maximum atomic E-state index is 12.4. The standard InChI is InChI=1S/C18H19N5O4/c1-27-17(26)13-3-2-4-15(9-13)21-16(25)14-10-19-18(20-11-14)23-7-5-22(12-24)6-8-23/h2-4,9-12H,5-8H2,1H3,(H,21,25). The first kappa shape index (κ1) is 18.3. The summed E-state index contributed by atoms with van der Waals surface area (Å²) in [6.07, 6.45) is 3.74. The fraction of sp³-hybridized carbons (Fsp3) is 0.278. The molecule has 9 heteroatoms. The van der Waals surface area contributed by atoms with E-state index in [4.69, 9.17) is 0 Å². The van der Waals surface area contributed by atoms with Gasteiger partial charge in [0.25, 0.3) is 5.91 Å². The highest BCUT2D eigenvalue weighted by Crippen LogP contribution is 2.14. The van der Waals surface area contributed by atoms with Gasteiger partial charge in [-0.15, -0.1) is 0 Å². The van der Waals surface area contributed by atoms with Crippen LogP contribution in [0.3, 0.4) is 0 Å². The molecule has 1 aliphatic rings. The Labute approximate surface area is 156 Å². The van der Waals surface area contributed by atoms with Crippen LogP contribution in [0.15, 0.2) is 36.7 Å². The third-order valence-electron chi connectivity index (χ3n) is 4.19. The van der Waals surface area contributed by atoms with Gasteiger partial charge in [-0.25, -0.2) is 14.8 Å². The van der Waals surface area contributed by atoms with Crippen molar-refractivity contribution in [2.45, 2.75) is 0 Å². The number of piperazine rings is 1. The van der Waals surface area contributed by atoms with Crippen LogP contribution >= 0.6 is 0 Å². The molecule has 0 unspecified atom stereocenters. The highest BCUT2D eigenvalue weighted by atomic mass is 16.5. The summed E-state index contributed by atoms with van der Waals surface area (Å²) in [5, 5.41) is 2.70. The van der Waals surface area contributed by atoms with Crippen LogP contribution in [0, 0.1) is 0 Å². The summed E-state index contributed by atoms with van der Waals surface area (Å²) >= 11 is 0. The fourth-order valence-electron chi connectivity index (χ4n) is 2.67.